The molecule has 0 spiro atoms. The number of benzene rings is 2. The van der Waals surface area contributed by atoms with Crippen molar-refractivity contribution in [2.45, 2.75) is 89.8 Å². The molecule has 258 valence electrons. The highest BCUT2D eigenvalue weighted by Gasteiger charge is 2.33. The van der Waals surface area contributed by atoms with Crippen molar-refractivity contribution in [3.05, 3.63) is 78.1 Å². The first-order chi connectivity index (χ1) is 23.3. The summed E-state index contributed by atoms with van der Waals surface area (Å²) in [7, 11) is 0. The zero-order chi connectivity index (χ0) is 33.9. The Kier molecular flexibility index (Phi) is 13.0. The van der Waals surface area contributed by atoms with Gasteiger partial charge in [0.1, 0.15) is 12.1 Å². The number of pyridine rings is 1. The third kappa shape index (κ3) is 9.86. The summed E-state index contributed by atoms with van der Waals surface area (Å²) < 4.78 is 5.45. The van der Waals surface area contributed by atoms with Crippen molar-refractivity contribution < 1.29 is 24.2 Å². The number of rotatable bonds is 14. The van der Waals surface area contributed by atoms with E-state index in [4.69, 9.17) is 4.74 Å². The number of ether oxygens (including phenoxy) is 1. The van der Waals surface area contributed by atoms with Gasteiger partial charge in [0.25, 0.3) is 0 Å². The van der Waals surface area contributed by atoms with Crippen molar-refractivity contribution in [1.29, 1.82) is 0 Å². The van der Waals surface area contributed by atoms with Gasteiger partial charge in [-0.3, -0.25) is 19.4 Å². The molecule has 3 aromatic rings. The number of carbonyl (C=O) groups is 3. The Balaban J connectivity index is 1.36. The Morgan fingerprint density at radius 3 is 2.38 bits per heavy atom. The number of nitrogens with zero attached hydrogens (tertiary/aromatic N) is 2. The molecule has 3 amide bonds. The molecule has 48 heavy (non-hydrogen) atoms. The van der Waals surface area contributed by atoms with Crippen molar-refractivity contribution >= 4 is 28.5 Å². The first-order valence-electron chi connectivity index (χ1n) is 17.8. The van der Waals surface area contributed by atoms with Crippen molar-refractivity contribution in [2.75, 3.05) is 26.3 Å². The van der Waals surface area contributed by atoms with E-state index in [1.54, 1.807) is 23.2 Å². The van der Waals surface area contributed by atoms with Crippen LogP contribution >= 0.6 is 0 Å². The van der Waals surface area contributed by atoms with Crippen molar-refractivity contribution in [1.82, 2.24) is 20.5 Å². The highest BCUT2D eigenvalue weighted by molar-refractivity contribution is 5.92. The molecule has 9 heteroatoms. The van der Waals surface area contributed by atoms with E-state index in [0.29, 0.717) is 57.2 Å². The van der Waals surface area contributed by atoms with E-state index >= 15 is 0 Å². The number of fused-ring (bicyclic) bond motifs is 1. The van der Waals surface area contributed by atoms with E-state index in [9.17, 15) is 19.5 Å². The minimum Gasteiger partial charge on any atom is -0.385 e. The van der Waals surface area contributed by atoms with Gasteiger partial charge in [-0.2, -0.15) is 0 Å². The largest absolute Gasteiger partial charge is 0.385 e. The summed E-state index contributed by atoms with van der Waals surface area (Å²) in [5.74, 6) is -0.891. The zero-order valence-corrected chi connectivity index (χ0v) is 28.5. The quantitative estimate of drug-likeness (QED) is 0.215. The molecule has 2 heterocycles. The molecule has 0 bridgehead atoms. The number of aromatic nitrogens is 1. The number of hydrogen-bond donors (Lipinski definition) is 3. The summed E-state index contributed by atoms with van der Waals surface area (Å²) in [6.45, 7) is 6.00. The van der Waals surface area contributed by atoms with E-state index in [2.05, 4.69) is 15.6 Å². The normalized spacial score (nSPS) is 18.2. The molecule has 0 radical (unpaired) electrons. The third-order valence-electron chi connectivity index (χ3n) is 9.85. The lowest BCUT2D eigenvalue weighted by Crippen LogP contribution is -2.53. The molecule has 2 aromatic carbocycles. The van der Waals surface area contributed by atoms with Crippen LogP contribution in [0.15, 0.2) is 66.9 Å². The number of carbonyl (C=O) groups excluding carboxylic acids is 3. The lowest BCUT2D eigenvalue weighted by atomic mass is 9.83. The van der Waals surface area contributed by atoms with Gasteiger partial charge in [-0.15, -0.1) is 0 Å². The number of amides is 3. The number of nitrogens with one attached hydrogen (secondary N) is 2. The predicted molar refractivity (Wildman–Crippen MR) is 187 cm³/mol. The molecule has 0 unspecified atom stereocenters. The zero-order valence-electron chi connectivity index (χ0n) is 28.5. The second kappa shape index (κ2) is 17.5. The minimum absolute atomic E-state index is 0.0355. The Morgan fingerprint density at radius 1 is 0.917 bits per heavy atom. The summed E-state index contributed by atoms with van der Waals surface area (Å²) in [6.07, 6.45) is 7.79. The molecule has 2 fully saturated rings. The van der Waals surface area contributed by atoms with E-state index < -0.39 is 24.1 Å². The van der Waals surface area contributed by atoms with Crippen LogP contribution in [0.2, 0.25) is 0 Å². The maximum absolute atomic E-state index is 14.2. The van der Waals surface area contributed by atoms with Gasteiger partial charge < -0.3 is 25.4 Å². The van der Waals surface area contributed by atoms with Crippen LogP contribution in [0.3, 0.4) is 0 Å². The standard InChI is InChI=1S/C39H52N4O5/c1-27(2)23-35(39(47)41-34(24-28-11-4-3-5-12-28)37(45)33-17-8-9-18-40-33)42-38(46)31(26-36(44)43-19-21-48-22-20-43)25-30-15-10-14-29-13-6-7-16-32(29)30/h6-10,13-18,27-28,31,34-35,37,45H,3-5,11-12,19-26H2,1-2H3,(H,41,47)(H,42,46)/t31-,34-,35+,37-/m1/s1. The molecule has 9 nitrogen and oxygen atoms in total. The molecule has 1 aliphatic heterocycles. The second-order valence-corrected chi connectivity index (χ2v) is 14.0. The second-order valence-electron chi connectivity index (χ2n) is 14.0. The molecule has 4 atom stereocenters. The van der Waals surface area contributed by atoms with E-state index in [1.165, 1.54) is 6.42 Å². The highest BCUT2D eigenvalue weighted by Crippen LogP contribution is 2.31. The summed E-state index contributed by atoms with van der Waals surface area (Å²) in [5, 5.41) is 19.8. The Labute approximate surface area is 284 Å². The smallest absolute Gasteiger partial charge is 0.242 e. The van der Waals surface area contributed by atoms with Crippen LogP contribution in [-0.4, -0.2) is 71.1 Å². The average molecular weight is 657 g/mol. The average Bonchev–Trinajstić information content (AvgIpc) is 3.11. The van der Waals surface area contributed by atoms with Gasteiger partial charge in [0, 0.05) is 25.7 Å². The maximum Gasteiger partial charge on any atom is 0.242 e. The lowest BCUT2D eigenvalue weighted by molar-refractivity contribution is -0.140. The molecule has 1 saturated heterocycles. The Morgan fingerprint density at radius 2 is 1.65 bits per heavy atom. The van der Waals surface area contributed by atoms with E-state index in [0.717, 1.165) is 42.0 Å². The Bertz CT molecular complexity index is 1480. The number of hydrogen-bond acceptors (Lipinski definition) is 6. The fourth-order valence-corrected chi connectivity index (χ4v) is 7.23. The molecule has 3 N–H and O–H groups in total. The molecule has 1 aliphatic carbocycles. The summed E-state index contributed by atoms with van der Waals surface area (Å²) in [6, 6.07) is 18.1. The van der Waals surface area contributed by atoms with Crippen LogP contribution < -0.4 is 10.6 Å². The molecular weight excluding hydrogens is 604 g/mol. The number of aliphatic hydroxyl groups is 1. The highest BCUT2D eigenvalue weighted by atomic mass is 16.5. The van der Waals surface area contributed by atoms with Gasteiger partial charge in [0.15, 0.2) is 0 Å². The van der Waals surface area contributed by atoms with Crippen LogP contribution in [0.4, 0.5) is 0 Å². The fraction of sp³-hybridized carbons (Fsp3) is 0.538. The van der Waals surface area contributed by atoms with Gasteiger partial charge >= 0.3 is 0 Å². The molecular formula is C39H52N4O5. The van der Waals surface area contributed by atoms with Crippen molar-refractivity contribution in [3.63, 3.8) is 0 Å². The van der Waals surface area contributed by atoms with Crippen LogP contribution in [0.5, 0.6) is 0 Å². The van der Waals surface area contributed by atoms with Gasteiger partial charge in [0.2, 0.25) is 17.7 Å². The molecule has 1 saturated carbocycles. The van der Waals surface area contributed by atoms with Gasteiger partial charge in [-0.1, -0.05) is 94.5 Å². The third-order valence-corrected chi connectivity index (χ3v) is 9.85. The SMILES string of the molecule is CC(C)C[C@H](NC(=O)[C@@H](CC(=O)N1CCOCC1)Cc1cccc2ccccc12)C(=O)N[C@H](CC1CCCCC1)[C@H](O)c1ccccn1. The molecule has 2 aliphatic rings. The van der Waals surface area contributed by atoms with Crippen molar-refractivity contribution in [3.8, 4) is 0 Å². The van der Waals surface area contributed by atoms with Crippen LogP contribution in [0, 0.1) is 17.8 Å². The van der Waals surface area contributed by atoms with Crippen LogP contribution in [-0.2, 0) is 25.5 Å². The molecule has 5 rings (SSSR count). The fourth-order valence-electron chi connectivity index (χ4n) is 7.23. The monoisotopic (exact) mass is 656 g/mol. The summed E-state index contributed by atoms with van der Waals surface area (Å²) in [5.41, 5.74) is 1.50. The van der Waals surface area contributed by atoms with E-state index in [1.807, 2.05) is 62.4 Å². The maximum atomic E-state index is 14.2. The number of morpholine rings is 1. The topological polar surface area (TPSA) is 121 Å². The summed E-state index contributed by atoms with van der Waals surface area (Å²) >= 11 is 0. The minimum atomic E-state index is -0.974. The lowest BCUT2D eigenvalue weighted by Gasteiger charge is -2.32. The summed E-state index contributed by atoms with van der Waals surface area (Å²) in [4.78, 5) is 47.9. The van der Waals surface area contributed by atoms with Gasteiger partial charge in [0.05, 0.1) is 30.9 Å². The molecule has 1 aromatic heterocycles. The predicted octanol–water partition coefficient (Wildman–Crippen LogP) is 5.36. The van der Waals surface area contributed by atoms with Gasteiger partial charge in [-0.05, 0) is 59.6 Å². The number of aliphatic hydroxyl groups excluding tert-OH is 1. The van der Waals surface area contributed by atoms with Crippen LogP contribution in [0.25, 0.3) is 10.8 Å². The van der Waals surface area contributed by atoms with Crippen molar-refractivity contribution in [2.24, 2.45) is 17.8 Å². The Hall–Kier alpha value is -3.82. The first kappa shape index (κ1) is 35.5. The first-order valence-corrected chi connectivity index (χ1v) is 17.8. The van der Waals surface area contributed by atoms with Crippen LogP contribution in [0.1, 0.15) is 82.6 Å². The van der Waals surface area contributed by atoms with Gasteiger partial charge in [-0.25, -0.2) is 0 Å². The van der Waals surface area contributed by atoms with E-state index in [-0.39, 0.29) is 30.1 Å².